The molecule has 3 rings (SSSR count). The summed E-state index contributed by atoms with van der Waals surface area (Å²) >= 11 is 0. The number of amides is 1. The molecule has 9 nitrogen and oxygen atoms in total. The number of nitrogens with one attached hydrogen (secondary N) is 1. The van der Waals surface area contributed by atoms with Gasteiger partial charge in [0.2, 0.25) is 26.0 Å². The fourth-order valence-electron chi connectivity index (χ4n) is 3.87. The molecule has 30 heavy (non-hydrogen) atoms. The molecule has 1 amide bonds. The number of carbonyl (C=O) groups is 1. The molecule has 0 bridgehead atoms. The van der Waals surface area contributed by atoms with Gasteiger partial charge in [-0.1, -0.05) is 6.92 Å². The zero-order chi connectivity index (χ0) is 22.3. The van der Waals surface area contributed by atoms with Gasteiger partial charge in [-0.15, -0.1) is 0 Å². The molecule has 0 aliphatic carbocycles. The third-order valence-electron chi connectivity index (χ3n) is 5.69. The molecule has 2 aliphatic heterocycles. The lowest BCUT2D eigenvalue weighted by Crippen LogP contribution is -2.50. The number of benzene rings is 1. The van der Waals surface area contributed by atoms with Gasteiger partial charge in [0.15, 0.2) is 0 Å². The van der Waals surface area contributed by atoms with Crippen molar-refractivity contribution in [2.75, 3.05) is 36.8 Å². The molecule has 0 spiro atoms. The predicted molar refractivity (Wildman–Crippen MR) is 114 cm³/mol. The van der Waals surface area contributed by atoms with Gasteiger partial charge < -0.3 is 4.74 Å². The van der Waals surface area contributed by atoms with Crippen LogP contribution in [0.25, 0.3) is 0 Å². The van der Waals surface area contributed by atoms with E-state index in [-0.39, 0.29) is 34.2 Å². The van der Waals surface area contributed by atoms with E-state index in [0.717, 1.165) is 25.9 Å². The second kappa shape index (κ2) is 8.10. The Kier molecular flexibility index (Phi) is 6.21. The third kappa shape index (κ3) is 4.34. The van der Waals surface area contributed by atoms with Crippen LogP contribution < -0.4 is 13.8 Å². The smallest absolute Gasteiger partial charge is 0.244 e. The Morgan fingerprint density at radius 2 is 1.87 bits per heavy atom. The Labute approximate surface area is 178 Å². The number of sulfonamides is 2. The fourth-order valence-corrected chi connectivity index (χ4v) is 7.08. The Morgan fingerprint density at radius 1 is 1.23 bits per heavy atom. The van der Waals surface area contributed by atoms with Gasteiger partial charge in [0.1, 0.15) is 10.6 Å². The SMILES string of the molecule is COc1ccc(N2C(=O)C(C)CS2(=O)=O)cc1S(=O)(=O)NCC(C)(C)N1CCCC1. The van der Waals surface area contributed by atoms with Crippen LogP contribution in [-0.2, 0) is 24.8 Å². The molecule has 0 radical (unpaired) electrons. The van der Waals surface area contributed by atoms with Crippen LogP contribution in [0, 0.1) is 5.92 Å². The van der Waals surface area contributed by atoms with E-state index in [1.54, 1.807) is 0 Å². The number of likely N-dealkylation sites (tertiary alicyclic amines) is 1. The number of methoxy groups -OCH3 is 1. The molecule has 2 heterocycles. The predicted octanol–water partition coefficient (Wildman–Crippen LogP) is 1.16. The van der Waals surface area contributed by atoms with E-state index < -0.39 is 31.9 Å². The van der Waals surface area contributed by atoms with Crippen molar-refractivity contribution in [3.05, 3.63) is 18.2 Å². The number of ether oxygens (including phenoxy) is 1. The van der Waals surface area contributed by atoms with Crippen LogP contribution in [0.5, 0.6) is 5.75 Å². The molecule has 1 unspecified atom stereocenters. The lowest BCUT2D eigenvalue weighted by molar-refractivity contribution is -0.119. The summed E-state index contributed by atoms with van der Waals surface area (Å²) in [4.78, 5) is 14.4. The van der Waals surface area contributed by atoms with Gasteiger partial charge in [-0.2, -0.15) is 0 Å². The monoisotopic (exact) mass is 459 g/mol. The summed E-state index contributed by atoms with van der Waals surface area (Å²) in [5.74, 6) is -1.49. The third-order valence-corrected chi connectivity index (χ3v) is 8.98. The highest BCUT2D eigenvalue weighted by molar-refractivity contribution is 7.94. The zero-order valence-electron chi connectivity index (χ0n) is 17.7. The number of rotatable bonds is 7. The number of carbonyl (C=O) groups excluding carboxylic acids is 1. The van der Waals surface area contributed by atoms with Gasteiger partial charge in [-0.25, -0.2) is 25.9 Å². The molecule has 0 saturated carbocycles. The van der Waals surface area contributed by atoms with Crippen LogP contribution in [0.4, 0.5) is 5.69 Å². The second-order valence-electron chi connectivity index (χ2n) is 8.45. The number of nitrogens with zero attached hydrogens (tertiary/aromatic N) is 2. The summed E-state index contributed by atoms with van der Waals surface area (Å²) < 4.78 is 59.5. The lowest BCUT2D eigenvalue weighted by Gasteiger charge is -2.35. The maximum atomic E-state index is 13.1. The molecule has 1 N–H and O–H groups in total. The van der Waals surface area contributed by atoms with E-state index in [9.17, 15) is 21.6 Å². The number of hydrogen-bond donors (Lipinski definition) is 1. The highest BCUT2D eigenvalue weighted by Gasteiger charge is 2.42. The molecule has 11 heteroatoms. The van der Waals surface area contributed by atoms with Crippen LogP contribution in [-0.4, -0.2) is 65.7 Å². The Balaban J connectivity index is 1.92. The highest BCUT2D eigenvalue weighted by atomic mass is 32.2. The van der Waals surface area contributed by atoms with Crippen LogP contribution in [0.1, 0.15) is 33.6 Å². The molecule has 1 aromatic carbocycles. The minimum absolute atomic E-state index is 0.00988. The fraction of sp³-hybridized carbons (Fsp3) is 0.632. The first kappa shape index (κ1) is 23.0. The molecule has 2 saturated heterocycles. The van der Waals surface area contributed by atoms with E-state index in [1.165, 1.54) is 32.2 Å². The quantitative estimate of drug-likeness (QED) is 0.651. The summed E-state index contributed by atoms with van der Waals surface area (Å²) in [6, 6.07) is 3.91. The molecule has 2 fully saturated rings. The maximum absolute atomic E-state index is 13.1. The van der Waals surface area contributed by atoms with Crippen LogP contribution in [0.15, 0.2) is 23.1 Å². The summed E-state index contributed by atoms with van der Waals surface area (Å²) in [6.45, 7) is 7.50. The molecular formula is C19H29N3O6S2. The van der Waals surface area contributed by atoms with Crippen molar-refractivity contribution in [1.29, 1.82) is 0 Å². The summed E-state index contributed by atoms with van der Waals surface area (Å²) in [5.41, 5.74) is -0.387. The summed E-state index contributed by atoms with van der Waals surface area (Å²) in [7, 11) is -6.53. The minimum atomic E-state index is -4.02. The molecule has 2 aliphatic rings. The van der Waals surface area contributed by atoms with E-state index in [1.807, 2.05) is 13.8 Å². The molecule has 0 aromatic heterocycles. The van der Waals surface area contributed by atoms with Crippen molar-refractivity contribution in [1.82, 2.24) is 9.62 Å². The van der Waals surface area contributed by atoms with Gasteiger partial charge >= 0.3 is 0 Å². The molecule has 168 valence electrons. The minimum Gasteiger partial charge on any atom is -0.495 e. The van der Waals surface area contributed by atoms with Gasteiger partial charge in [-0.05, 0) is 58.0 Å². The van der Waals surface area contributed by atoms with E-state index in [0.29, 0.717) is 4.31 Å². The molecule has 1 atom stereocenters. The van der Waals surface area contributed by atoms with Crippen molar-refractivity contribution < 1.29 is 26.4 Å². The van der Waals surface area contributed by atoms with Gasteiger partial charge in [0.25, 0.3) is 0 Å². The van der Waals surface area contributed by atoms with Crippen molar-refractivity contribution in [2.24, 2.45) is 5.92 Å². The normalized spacial score (nSPS) is 22.6. The highest BCUT2D eigenvalue weighted by Crippen LogP contribution is 2.34. The van der Waals surface area contributed by atoms with E-state index >= 15 is 0 Å². The average Bonchev–Trinajstić information content (AvgIpc) is 3.27. The molecule has 1 aromatic rings. The average molecular weight is 460 g/mol. The van der Waals surface area contributed by atoms with Gasteiger partial charge in [0.05, 0.1) is 24.5 Å². The first-order valence-electron chi connectivity index (χ1n) is 9.89. The largest absolute Gasteiger partial charge is 0.495 e. The lowest BCUT2D eigenvalue weighted by atomic mass is 10.0. The number of anilines is 1. The standard InChI is InChI=1S/C19H29N3O6S2/c1-14-12-29(24,25)22(18(14)23)15-7-8-16(28-4)17(11-15)30(26,27)20-13-19(2,3)21-9-5-6-10-21/h7-8,11,14,20H,5-6,9-10,12-13H2,1-4H3. The first-order chi connectivity index (χ1) is 13.9. The van der Waals surface area contributed by atoms with Crippen molar-refractivity contribution in [3.8, 4) is 5.75 Å². The van der Waals surface area contributed by atoms with Crippen LogP contribution in [0.3, 0.4) is 0 Å². The Hall–Kier alpha value is -1.69. The van der Waals surface area contributed by atoms with Crippen LogP contribution in [0.2, 0.25) is 0 Å². The van der Waals surface area contributed by atoms with Crippen LogP contribution >= 0.6 is 0 Å². The van der Waals surface area contributed by atoms with Gasteiger partial charge in [0, 0.05) is 12.1 Å². The van der Waals surface area contributed by atoms with E-state index in [2.05, 4.69) is 9.62 Å². The second-order valence-corrected chi connectivity index (χ2v) is 12.0. The summed E-state index contributed by atoms with van der Waals surface area (Å²) in [6.07, 6.45) is 2.17. The van der Waals surface area contributed by atoms with Crippen molar-refractivity contribution >= 4 is 31.6 Å². The maximum Gasteiger partial charge on any atom is 0.244 e. The van der Waals surface area contributed by atoms with Gasteiger partial charge in [-0.3, -0.25) is 9.69 Å². The van der Waals surface area contributed by atoms with Crippen molar-refractivity contribution in [2.45, 2.75) is 44.0 Å². The Bertz CT molecular complexity index is 1030. The summed E-state index contributed by atoms with van der Waals surface area (Å²) in [5, 5.41) is 0. The Morgan fingerprint density at radius 3 is 2.40 bits per heavy atom. The number of hydrogen-bond acceptors (Lipinski definition) is 7. The zero-order valence-corrected chi connectivity index (χ0v) is 19.3. The molecular weight excluding hydrogens is 430 g/mol. The first-order valence-corrected chi connectivity index (χ1v) is 13.0. The van der Waals surface area contributed by atoms with E-state index in [4.69, 9.17) is 4.74 Å². The topological polar surface area (TPSA) is 113 Å². The van der Waals surface area contributed by atoms with Crippen molar-refractivity contribution in [3.63, 3.8) is 0 Å².